The summed E-state index contributed by atoms with van der Waals surface area (Å²) in [5.41, 5.74) is 1.37. The summed E-state index contributed by atoms with van der Waals surface area (Å²) in [7, 11) is 0. The number of rotatable bonds is 2. The Balaban J connectivity index is 1.27. The highest BCUT2D eigenvalue weighted by Gasteiger charge is 2.28. The fourth-order valence-corrected chi connectivity index (χ4v) is 4.01. The fraction of sp³-hybridized carbons (Fsp3) is 0.182. The second kappa shape index (κ2) is 7.08. The maximum Gasteiger partial charge on any atom is 0.289 e. The highest BCUT2D eigenvalue weighted by atomic mass is 79.9. The van der Waals surface area contributed by atoms with Gasteiger partial charge in [0.25, 0.3) is 11.8 Å². The van der Waals surface area contributed by atoms with Crippen LogP contribution in [-0.2, 0) is 0 Å². The normalized spacial score (nSPS) is 14.7. The molecule has 0 N–H and O–H groups in total. The molecule has 1 fully saturated rings. The summed E-state index contributed by atoms with van der Waals surface area (Å²) < 4.78 is 12.3. The van der Waals surface area contributed by atoms with Crippen LogP contribution in [0.1, 0.15) is 21.1 Å². The maximum absolute atomic E-state index is 12.8. The first-order valence-corrected chi connectivity index (χ1v) is 10.1. The van der Waals surface area contributed by atoms with Crippen molar-refractivity contribution in [1.82, 2.24) is 9.80 Å². The lowest BCUT2D eigenvalue weighted by atomic mass is 10.2. The van der Waals surface area contributed by atoms with E-state index in [1.54, 1.807) is 21.9 Å². The summed E-state index contributed by atoms with van der Waals surface area (Å²) in [6, 6.07) is 16.7. The Morgan fingerprint density at radius 3 is 1.90 bits per heavy atom. The number of hydrogen-bond acceptors (Lipinski definition) is 4. The Hall–Kier alpha value is -3.06. The molecule has 146 valence electrons. The minimum atomic E-state index is -0.159. The highest BCUT2D eigenvalue weighted by Crippen LogP contribution is 2.25. The number of hydrogen-bond donors (Lipinski definition) is 0. The molecule has 2 aromatic carbocycles. The number of carbonyl (C=O) groups is 2. The number of para-hydroxylation sites is 1. The van der Waals surface area contributed by atoms with Gasteiger partial charge in [-0.1, -0.05) is 34.1 Å². The highest BCUT2D eigenvalue weighted by molar-refractivity contribution is 9.10. The fourth-order valence-electron chi connectivity index (χ4n) is 3.63. The standard InChI is InChI=1S/C22H17BrN2O4/c23-16-5-6-18-15(11-16)13-20(29-18)22(27)25-9-7-24(8-10-25)21(26)19-12-14-3-1-2-4-17(14)28-19/h1-6,11-13H,7-10H2. The SMILES string of the molecule is O=C(c1cc2ccccc2o1)N1CCN(C(=O)c2cc3cc(Br)ccc3o2)CC1. The Labute approximate surface area is 174 Å². The molecular formula is C22H17BrN2O4. The van der Waals surface area contributed by atoms with Gasteiger partial charge < -0.3 is 18.6 Å². The topological polar surface area (TPSA) is 66.9 Å². The molecule has 0 spiro atoms. The van der Waals surface area contributed by atoms with Crippen molar-refractivity contribution in [3.63, 3.8) is 0 Å². The number of furan rings is 2. The molecule has 1 aliphatic heterocycles. The molecule has 0 saturated carbocycles. The molecule has 6 nitrogen and oxygen atoms in total. The quantitative estimate of drug-likeness (QED) is 0.447. The van der Waals surface area contributed by atoms with Crippen LogP contribution in [0.2, 0.25) is 0 Å². The van der Waals surface area contributed by atoms with E-state index in [0.29, 0.717) is 48.9 Å². The van der Waals surface area contributed by atoms with Crippen LogP contribution in [0, 0.1) is 0 Å². The van der Waals surface area contributed by atoms with Gasteiger partial charge in [-0.05, 0) is 36.4 Å². The summed E-state index contributed by atoms with van der Waals surface area (Å²) in [6.07, 6.45) is 0. The Morgan fingerprint density at radius 2 is 1.28 bits per heavy atom. The largest absolute Gasteiger partial charge is 0.451 e. The lowest BCUT2D eigenvalue weighted by Crippen LogP contribution is -2.50. The van der Waals surface area contributed by atoms with Gasteiger partial charge in [-0.15, -0.1) is 0 Å². The summed E-state index contributed by atoms with van der Waals surface area (Å²) >= 11 is 3.42. The van der Waals surface area contributed by atoms with Crippen molar-refractivity contribution in [3.8, 4) is 0 Å². The molecule has 0 bridgehead atoms. The van der Waals surface area contributed by atoms with E-state index in [0.717, 1.165) is 15.2 Å². The van der Waals surface area contributed by atoms with Crippen LogP contribution in [0.15, 0.2) is 67.9 Å². The van der Waals surface area contributed by atoms with Crippen molar-refractivity contribution in [1.29, 1.82) is 0 Å². The molecule has 3 heterocycles. The first-order chi connectivity index (χ1) is 14.1. The molecule has 1 saturated heterocycles. The van der Waals surface area contributed by atoms with Gasteiger partial charge in [0.15, 0.2) is 11.5 Å². The zero-order valence-corrected chi connectivity index (χ0v) is 17.0. The van der Waals surface area contributed by atoms with Crippen molar-refractivity contribution >= 4 is 49.7 Å². The van der Waals surface area contributed by atoms with E-state index < -0.39 is 0 Å². The van der Waals surface area contributed by atoms with Gasteiger partial charge in [0.05, 0.1) is 0 Å². The van der Waals surface area contributed by atoms with Gasteiger partial charge in [-0.2, -0.15) is 0 Å². The third-order valence-corrected chi connectivity index (χ3v) is 5.67. The Bertz CT molecular complexity index is 1200. The molecule has 0 unspecified atom stereocenters. The van der Waals surface area contributed by atoms with Gasteiger partial charge in [0.1, 0.15) is 11.2 Å². The van der Waals surface area contributed by atoms with Crippen LogP contribution >= 0.6 is 15.9 Å². The van der Waals surface area contributed by atoms with Crippen molar-refractivity contribution in [2.45, 2.75) is 0 Å². The molecule has 29 heavy (non-hydrogen) atoms. The van der Waals surface area contributed by atoms with E-state index in [-0.39, 0.29) is 11.8 Å². The van der Waals surface area contributed by atoms with Crippen LogP contribution in [0.5, 0.6) is 0 Å². The first-order valence-electron chi connectivity index (χ1n) is 9.35. The number of fused-ring (bicyclic) bond motifs is 2. The average molecular weight is 453 g/mol. The minimum Gasteiger partial charge on any atom is -0.451 e. The molecule has 2 aromatic heterocycles. The number of halogens is 1. The molecule has 0 aliphatic carbocycles. The van der Waals surface area contributed by atoms with Gasteiger partial charge in [-0.3, -0.25) is 9.59 Å². The molecule has 2 amide bonds. The summed E-state index contributed by atoms with van der Waals surface area (Å²) in [5.74, 6) is 0.332. The monoisotopic (exact) mass is 452 g/mol. The van der Waals surface area contributed by atoms with Gasteiger partial charge in [0.2, 0.25) is 0 Å². The number of carbonyl (C=O) groups excluding carboxylic acids is 2. The minimum absolute atomic E-state index is 0.151. The van der Waals surface area contributed by atoms with E-state index in [4.69, 9.17) is 8.83 Å². The predicted octanol–water partition coefficient (Wildman–Crippen LogP) is 4.54. The van der Waals surface area contributed by atoms with Crippen LogP contribution in [0.25, 0.3) is 21.9 Å². The first kappa shape index (κ1) is 18.0. The van der Waals surface area contributed by atoms with Gasteiger partial charge in [0, 0.05) is 41.4 Å². The summed E-state index contributed by atoms with van der Waals surface area (Å²) in [4.78, 5) is 29.0. The zero-order chi connectivity index (χ0) is 20.0. The molecular weight excluding hydrogens is 436 g/mol. The molecule has 7 heteroatoms. The lowest BCUT2D eigenvalue weighted by Gasteiger charge is -2.33. The third-order valence-electron chi connectivity index (χ3n) is 5.18. The van der Waals surface area contributed by atoms with Crippen molar-refractivity contribution < 1.29 is 18.4 Å². The Kier molecular flexibility index (Phi) is 4.39. The maximum atomic E-state index is 12.8. The van der Waals surface area contributed by atoms with E-state index in [1.165, 1.54) is 0 Å². The second-order valence-corrected chi connectivity index (χ2v) is 7.94. The zero-order valence-electron chi connectivity index (χ0n) is 15.4. The molecule has 4 aromatic rings. The predicted molar refractivity (Wildman–Crippen MR) is 112 cm³/mol. The molecule has 5 rings (SSSR count). The lowest BCUT2D eigenvalue weighted by molar-refractivity contribution is 0.0504. The van der Waals surface area contributed by atoms with Crippen molar-refractivity contribution in [3.05, 3.63) is 70.6 Å². The van der Waals surface area contributed by atoms with Crippen LogP contribution in [-0.4, -0.2) is 47.8 Å². The molecule has 1 aliphatic rings. The van der Waals surface area contributed by atoms with Crippen LogP contribution in [0.4, 0.5) is 0 Å². The van der Waals surface area contributed by atoms with Crippen molar-refractivity contribution in [2.75, 3.05) is 26.2 Å². The molecule has 0 radical (unpaired) electrons. The average Bonchev–Trinajstić information content (AvgIpc) is 3.36. The van der Waals surface area contributed by atoms with E-state index in [9.17, 15) is 9.59 Å². The third kappa shape index (κ3) is 3.31. The summed E-state index contributed by atoms with van der Waals surface area (Å²) in [5, 5.41) is 1.78. The number of benzene rings is 2. The number of nitrogens with zero attached hydrogens (tertiary/aromatic N) is 2. The Morgan fingerprint density at radius 1 is 0.724 bits per heavy atom. The van der Waals surface area contributed by atoms with E-state index in [1.807, 2.05) is 42.5 Å². The van der Waals surface area contributed by atoms with Crippen LogP contribution in [0.3, 0.4) is 0 Å². The number of amides is 2. The van der Waals surface area contributed by atoms with E-state index in [2.05, 4.69) is 15.9 Å². The van der Waals surface area contributed by atoms with Gasteiger partial charge >= 0.3 is 0 Å². The molecule has 0 atom stereocenters. The van der Waals surface area contributed by atoms with Crippen molar-refractivity contribution in [2.24, 2.45) is 0 Å². The summed E-state index contributed by atoms with van der Waals surface area (Å²) in [6.45, 7) is 1.80. The number of piperazine rings is 1. The smallest absolute Gasteiger partial charge is 0.289 e. The van der Waals surface area contributed by atoms with Gasteiger partial charge in [-0.25, -0.2) is 0 Å². The van der Waals surface area contributed by atoms with E-state index >= 15 is 0 Å². The second-order valence-electron chi connectivity index (χ2n) is 7.03. The van der Waals surface area contributed by atoms with Crippen LogP contribution < -0.4 is 0 Å².